The normalized spacial score (nSPS) is 10.8. The van der Waals surface area contributed by atoms with E-state index >= 15 is 0 Å². The largest absolute Gasteiger partial charge is 0.415 e. The number of nitro groups is 1. The molecule has 0 aromatic heterocycles. The summed E-state index contributed by atoms with van der Waals surface area (Å²) < 4.78 is 5.77. The lowest BCUT2D eigenvalue weighted by atomic mass is 10.2. The van der Waals surface area contributed by atoms with Crippen molar-refractivity contribution in [3.8, 4) is 0 Å². The summed E-state index contributed by atoms with van der Waals surface area (Å²) in [6, 6.07) is 8.27. The Morgan fingerprint density at radius 1 is 1.22 bits per heavy atom. The Morgan fingerprint density at radius 3 is 2.39 bits per heavy atom. The molecule has 7 heteroatoms. The van der Waals surface area contributed by atoms with Crippen LogP contribution in [-0.2, 0) is 11.0 Å². The Bertz CT molecular complexity index is 386. The molecule has 0 aliphatic heterocycles. The van der Waals surface area contributed by atoms with Gasteiger partial charge in [0.15, 0.2) is 9.04 Å². The second kappa shape index (κ2) is 8.47. The molecule has 18 heavy (non-hydrogen) atoms. The zero-order valence-electron chi connectivity index (χ0n) is 9.85. The molecule has 0 aliphatic rings. The zero-order valence-corrected chi connectivity index (χ0v) is 12.5. The van der Waals surface area contributed by atoms with Crippen LogP contribution in [0.5, 0.6) is 0 Å². The molecule has 0 saturated heterocycles. The number of hydrogen-bond acceptors (Lipinski definition) is 3. The van der Waals surface area contributed by atoms with Crippen LogP contribution in [0.1, 0.15) is 5.56 Å². The second-order valence-electron chi connectivity index (χ2n) is 3.77. The van der Waals surface area contributed by atoms with Gasteiger partial charge in [0, 0.05) is 17.8 Å². The van der Waals surface area contributed by atoms with Gasteiger partial charge in [0.1, 0.15) is 0 Å². The van der Waals surface area contributed by atoms with E-state index < -0.39 is 14.0 Å². The SMILES string of the molecule is O=[N+]([O-])c1ccccc1CO[SiH](CCCl)CCCl. The first-order valence-corrected chi connectivity index (χ1v) is 8.82. The Balaban J connectivity index is 2.63. The highest BCUT2D eigenvalue weighted by Gasteiger charge is 2.16. The van der Waals surface area contributed by atoms with Gasteiger partial charge in [0.05, 0.1) is 17.1 Å². The first kappa shape index (κ1) is 15.4. The molecular formula is C11H15Cl2NO3Si. The lowest BCUT2D eigenvalue weighted by molar-refractivity contribution is -0.385. The molecule has 0 unspecified atom stereocenters. The van der Waals surface area contributed by atoms with E-state index in [1.165, 1.54) is 6.07 Å². The molecule has 1 aromatic rings. The van der Waals surface area contributed by atoms with Crippen LogP contribution in [0.3, 0.4) is 0 Å². The van der Waals surface area contributed by atoms with Gasteiger partial charge in [-0.25, -0.2) is 0 Å². The summed E-state index contributed by atoms with van der Waals surface area (Å²) in [5.74, 6) is 1.09. The first-order chi connectivity index (χ1) is 8.69. The second-order valence-corrected chi connectivity index (χ2v) is 7.26. The Hall–Kier alpha value is -0.623. The van der Waals surface area contributed by atoms with E-state index in [1.54, 1.807) is 18.2 Å². The van der Waals surface area contributed by atoms with Gasteiger partial charge in [-0.05, 0) is 18.2 Å². The third kappa shape index (κ3) is 4.94. The van der Waals surface area contributed by atoms with Crippen LogP contribution in [-0.4, -0.2) is 25.7 Å². The standard InChI is InChI=1S/C11H15Cl2NO3Si/c12-5-7-18(8-6-13)17-9-10-3-1-2-4-11(10)14(15)16/h1-4,18H,5-9H2. The number of benzene rings is 1. The quantitative estimate of drug-likeness (QED) is 0.320. The topological polar surface area (TPSA) is 52.4 Å². The summed E-state index contributed by atoms with van der Waals surface area (Å²) in [7, 11) is -1.44. The van der Waals surface area contributed by atoms with Gasteiger partial charge in [-0.1, -0.05) is 12.1 Å². The number of halogens is 2. The fourth-order valence-electron chi connectivity index (χ4n) is 1.57. The predicted molar refractivity (Wildman–Crippen MR) is 76.1 cm³/mol. The van der Waals surface area contributed by atoms with E-state index in [4.69, 9.17) is 27.6 Å². The lowest BCUT2D eigenvalue weighted by Gasteiger charge is -2.14. The highest BCUT2D eigenvalue weighted by Crippen LogP contribution is 2.19. The molecule has 0 amide bonds. The average molecular weight is 308 g/mol. The van der Waals surface area contributed by atoms with Gasteiger partial charge in [0.25, 0.3) is 5.69 Å². The van der Waals surface area contributed by atoms with Crippen molar-refractivity contribution in [1.82, 2.24) is 0 Å². The highest BCUT2D eigenvalue weighted by molar-refractivity contribution is 6.54. The Labute approximate surface area is 118 Å². The van der Waals surface area contributed by atoms with Crippen LogP contribution in [0.15, 0.2) is 24.3 Å². The van der Waals surface area contributed by atoms with E-state index in [-0.39, 0.29) is 12.3 Å². The summed E-state index contributed by atoms with van der Waals surface area (Å²) in [5, 5.41) is 10.8. The molecule has 0 spiro atoms. The van der Waals surface area contributed by atoms with E-state index in [0.29, 0.717) is 17.3 Å². The molecule has 4 nitrogen and oxygen atoms in total. The van der Waals surface area contributed by atoms with Crippen molar-refractivity contribution >= 4 is 37.9 Å². The Kier molecular flexibility index (Phi) is 7.27. The third-order valence-corrected chi connectivity index (χ3v) is 6.20. The predicted octanol–water partition coefficient (Wildman–Crippen LogP) is 3.31. The van der Waals surface area contributed by atoms with Gasteiger partial charge in [0.2, 0.25) is 0 Å². The molecule has 0 saturated carbocycles. The minimum absolute atomic E-state index is 0.0991. The van der Waals surface area contributed by atoms with E-state index in [1.807, 2.05) is 0 Å². The van der Waals surface area contributed by atoms with Gasteiger partial charge >= 0.3 is 0 Å². The summed E-state index contributed by atoms with van der Waals surface area (Å²) >= 11 is 11.4. The maximum absolute atomic E-state index is 10.8. The van der Waals surface area contributed by atoms with Gasteiger partial charge < -0.3 is 4.43 Å². The average Bonchev–Trinajstić information content (AvgIpc) is 2.36. The van der Waals surface area contributed by atoms with Gasteiger partial charge in [-0.3, -0.25) is 10.1 Å². The molecule has 0 bridgehead atoms. The molecular weight excluding hydrogens is 293 g/mol. The number of nitrogens with zero attached hydrogens (tertiary/aromatic N) is 1. The number of nitro benzene ring substituents is 1. The molecule has 0 aliphatic carbocycles. The minimum atomic E-state index is -1.44. The number of alkyl halides is 2. The van der Waals surface area contributed by atoms with Crippen molar-refractivity contribution in [2.75, 3.05) is 11.8 Å². The molecule has 0 atom stereocenters. The molecule has 1 rings (SSSR count). The van der Waals surface area contributed by atoms with E-state index in [9.17, 15) is 10.1 Å². The number of hydrogen-bond donors (Lipinski definition) is 0. The van der Waals surface area contributed by atoms with Gasteiger partial charge in [-0.2, -0.15) is 0 Å². The van der Waals surface area contributed by atoms with Crippen molar-refractivity contribution in [2.24, 2.45) is 0 Å². The van der Waals surface area contributed by atoms with E-state index in [0.717, 1.165) is 12.1 Å². The maximum Gasteiger partial charge on any atom is 0.274 e. The van der Waals surface area contributed by atoms with Gasteiger partial charge in [-0.15, -0.1) is 23.2 Å². The number of rotatable bonds is 8. The maximum atomic E-state index is 10.8. The smallest absolute Gasteiger partial charge is 0.274 e. The zero-order chi connectivity index (χ0) is 13.4. The van der Waals surface area contributed by atoms with Crippen LogP contribution < -0.4 is 0 Å². The summed E-state index contributed by atoms with van der Waals surface area (Å²) in [5.41, 5.74) is 0.700. The monoisotopic (exact) mass is 307 g/mol. The van der Waals surface area contributed by atoms with Crippen LogP contribution in [0.4, 0.5) is 5.69 Å². The molecule has 0 fully saturated rings. The molecule has 0 radical (unpaired) electrons. The van der Waals surface area contributed by atoms with Crippen LogP contribution >= 0.6 is 23.2 Å². The van der Waals surface area contributed by atoms with Crippen LogP contribution in [0.2, 0.25) is 12.1 Å². The molecule has 1 aromatic carbocycles. The molecule has 0 N–H and O–H groups in total. The van der Waals surface area contributed by atoms with Crippen LogP contribution in [0.25, 0.3) is 0 Å². The Morgan fingerprint density at radius 2 is 1.83 bits per heavy atom. The minimum Gasteiger partial charge on any atom is -0.415 e. The third-order valence-electron chi connectivity index (χ3n) is 2.53. The van der Waals surface area contributed by atoms with Crippen molar-refractivity contribution in [1.29, 1.82) is 0 Å². The fraction of sp³-hybridized carbons (Fsp3) is 0.455. The van der Waals surface area contributed by atoms with Crippen molar-refractivity contribution in [3.63, 3.8) is 0 Å². The highest BCUT2D eigenvalue weighted by atomic mass is 35.5. The summed E-state index contributed by atoms with van der Waals surface area (Å²) in [6.07, 6.45) is 0. The summed E-state index contributed by atoms with van der Waals surface area (Å²) in [6.45, 7) is 0.266. The van der Waals surface area contributed by atoms with Crippen molar-refractivity contribution in [2.45, 2.75) is 18.7 Å². The number of para-hydroxylation sites is 1. The van der Waals surface area contributed by atoms with Crippen molar-refractivity contribution < 1.29 is 9.35 Å². The first-order valence-electron chi connectivity index (χ1n) is 5.65. The van der Waals surface area contributed by atoms with Crippen LogP contribution in [0, 0.1) is 10.1 Å². The van der Waals surface area contributed by atoms with E-state index in [2.05, 4.69) is 0 Å². The molecule has 0 heterocycles. The molecule has 100 valence electrons. The lowest BCUT2D eigenvalue weighted by Crippen LogP contribution is -2.19. The van der Waals surface area contributed by atoms with Crippen molar-refractivity contribution in [3.05, 3.63) is 39.9 Å². The fourth-order valence-corrected chi connectivity index (χ4v) is 4.56. The summed E-state index contributed by atoms with van der Waals surface area (Å²) in [4.78, 5) is 10.4.